The lowest BCUT2D eigenvalue weighted by Crippen LogP contribution is -2.20. The maximum Gasteiger partial charge on any atom is 0.193 e. The number of benzene rings is 1. The van der Waals surface area contributed by atoms with Crippen LogP contribution < -0.4 is 5.43 Å². The molecule has 20 heavy (non-hydrogen) atoms. The largest absolute Gasteiger partial charge is 0.344 e. The van der Waals surface area contributed by atoms with Crippen LogP contribution >= 0.6 is 11.8 Å². The Kier molecular flexibility index (Phi) is 4.92. The lowest BCUT2D eigenvalue weighted by atomic mass is 9.98. The van der Waals surface area contributed by atoms with Crippen molar-refractivity contribution in [3.05, 3.63) is 45.7 Å². The first-order valence-electron chi connectivity index (χ1n) is 7.27. The molecule has 0 aliphatic heterocycles. The fraction of sp³-hybridized carbons (Fsp3) is 0.471. The third kappa shape index (κ3) is 2.78. The second-order valence-electron chi connectivity index (χ2n) is 5.35. The molecule has 1 heterocycles. The highest BCUT2D eigenvalue weighted by molar-refractivity contribution is 7.99. The number of para-hydroxylation sites is 1. The standard InChI is InChI=1S/C17H23NOS/c1-5-20-11-10-18-13(4)16(12(2)3)17(19)14-8-6-7-9-15(14)18/h6-9,12H,5,10-11H2,1-4H3. The Labute approximate surface area is 125 Å². The van der Waals surface area contributed by atoms with Crippen molar-refractivity contribution >= 4 is 22.7 Å². The highest BCUT2D eigenvalue weighted by atomic mass is 32.2. The van der Waals surface area contributed by atoms with Gasteiger partial charge in [0.1, 0.15) is 0 Å². The van der Waals surface area contributed by atoms with Gasteiger partial charge in [-0.1, -0.05) is 32.9 Å². The molecule has 0 saturated carbocycles. The van der Waals surface area contributed by atoms with E-state index in [9.17, 15) is 4.79 Å². The van der Waals surface area contributed by atoms with Crippen LogP contribution in [0.2, 0.25) is 0 Å². The van der Waals surface area contributed by atoms with Gasteiger partial charge >= 0.3 is 0 Å². The summed E-state index contributed by atoms with van der Waals surface area (Å²) >= 11 is 1.94. The van der Waals surface area contributed by atoms with E-state index in [1.54, 1.807) is 0 Å². The van der Waals surface area contributed by atoms with Crippen molar-refractivity contribution in [3.8, 4) is 0 Å². The van der Waals surface area contributed by atoms with Crippen molar-refractivity contribution in [2.24, 2.45) is 0 Å². The Bertz CT molecular complexity index is 658. The van der Waals surface area contributed by atoms with E-state index in [2.05, 4.69) is 38.3 Å². The third-order valence-electron chi connectivity index (χ3n) is 3.72. The van der Waals surface area contributed by atoms with Crippen molar-refractivity contribution in [1.29, 1.82) is 0 Å². The second kappa shape index (κ2) is 6.49. The summed E-state index contributed by atoms with van der Waals surface area (Å²) in [5, 5.41) is 0.850. The highest BCUT2D eigenvalue weighted by Crippen LogP contribution is 2.21. The minimum absolute atomic E-state index is 0.201. The normalized spacial score (nSPS) is 11.4. The molecular weight excluding hydrogens is 266 g/mol. The second-order valence-corrected chi connectivity index (χ2v) is 6.74. The van der Waals surface area contributed by atoms with Gasteiger partial charge in [0.2, 0.25) is 0 Å². The number of nitrogens with zero attached hydrogens (tertiary/aromatic N) is 1. The lowest BCUT2D eigenvalue weighted by Gasteiger charge is -2.19. The first-order chi connectivity index (χ1) is 9.57. The van der Waals surface area contributed by atoms with Crippen molar-refractivity contribution in [1.82, 2.24) is 4.57 Å². The molecule has 0 radical (unpaired) electrons. The monoisotopic (exact) mass is 289 g/mol. The number of aryl methyl sites for hydroxylation is 1. The maximum absolute atomic E-state index is 12.7. The van der Waals surface area contributed by atoms with Gasteiger partial charge in [0, 0.05) is 28.9 Å². The van der Waals surface area contributed by atoms with Crippen LogP contribution in [0.25, 0.3) is 10.9 Å². The Morgan fingerprint density at radius 3 is 2.60 bits per heavy atom. The summed E-state index contributed by atoms with van der Waals surface area (Å²) in [6, 6.07) is 7.98. The molecule has 2 nitrogen and oxygen atoms in total. The van der Waals surface area contributed by atoms with E-state index in [-0.39, 0.29) is 11.3 Å². The van der Waals surface area contributed by atoms with E-state index in [1.807, 2.05) is 30.0 Å². The Morgan fingerprint density at radius 1 is 1.25 bits per heavy atom. The van der Waals surface area contributed by atoms with Crippen molar-refractivity contribution in [2.45, 2.75) is 40.2 Å². The van der Waals surface area contributed by atoms with Gasteiger partial charge < -0.3 is 4.57 Å². The van der Waals surface area contributed by atoms with Crippen LogP contribution in [0.3, 0.4) is 0 Å². The predicted molar refractivity (Wildman–Crippen MR) is 90.0 cm³/mol. The van der Waals surface area contributed by atoms with Gasteiger partial charge in [-0.05, 0) is 30.7 Å². The quantitative estimate of drug-likeness (QED) is 0.770. The van der Waals surface area contributed by atoms with Crippen LogP contribution in [0, 0.1) is 6.92 Å². The zero-order valence-corrected chi connectivity index (χ0v) is 13.6. The number of rotatable bonds is 5. The fourth-order valence-electron chi connectivity index (χ4n) is 2.80. The van der Waals surface area contributed by atoms with Crippen LogP contribution in [0.4, 0.5) is 0 Å². The smallest absolute Gasteiger partial charge is 0.193 e. The van der Waals surface area contributed by atoms with E-state index in [0.717, 1.165) is 40.2 Å². The molecule has 2 aromatic rings. The van der Waals surface area contributed by atoms with Gasteiger partial charge in [0.05, 0.1) is 5.52 Å². The molecule has 2 rings (SSSR count). The van der Waals surface area contributed by atoms with Crippen LogP contribution in [-0.2, 0) is 6.54 Å². The molecular formula is C17H23NOS. The first-order valence-corrected chi connectivity index (χ1v) is 8.43. The van der Waals surface area contributed by atoms with Crippen molar-refractivity contribution in [3.63, 3.8) is 0 Å². The Morgan fingerprint density at radius 2 is 1.95 bits per heavy atom. The summed E-state index contributed by atoms with van der Waals surface area (Å²) < 4.78 is 2.31. The van der Waals surface area contributed by atoms with E-state index in [4.69, 9.17) is 0 Å². The van der Waals surface area contributed by atoms with Gasteiger partial charge in [-0.25, -0.2) is 0 Å². The molecule has 1 aromatic carbocycles. The molecule has 0 bridgehead atoms. The highest BCUT2D eigenvalue weighted by Gasteiger charge is 2.15. The van der Waals surface area contributed by atoms with Gasteiger partial charge in [0.25, 0.3) is 0 Å². The van der Waals surface area contributed by atoms with E-state index in [1.165, 1.54) is 0 Å². The summed E-state index contributed by atoms with van der Waals surface area (Å²) in [5.41, 5.74) is 3.36. The average molecular weight is 289 g/mol. The number of pyridine rings is 1. The summed E-state index contributed by atoms with van der Waals surface area (Å²) in [6.45, 7) is 9.43. The fourth-order valence-corrected chi connectivity index (χ4v) is 3.41. The minimum atomic E-state index is 0.201. The minimum Gasteiger partial charge on any atom is -0.344 e. The van der Waals surface area contributed by atoms with Crippen molar-refractivity contribution in [2.75, 3.05) is 11.5 Å². The molecule has 0 amide bonds. The molecule has 0 fully saturated rings. The summed E-state index contributed by atoms with van der Waals surface area (Å²) in [4.78, 5) is 12.7. The van der Waals surface area contributed by atoms with Crippen LogP contribution in [0.15, 0.2) is 29.1 Å². The number of thioether (sulfide) groups is 1. The van der Waals surface area contributed by atoms with Crippen molar-refractivity contribution < 1.29 is 0 Å². The van der Waals surface area contributed by atoms with Crippen LogP contribution in [-0.4, -0.2) is 16.1 Å². The Hall–Kier alpha value is -1.22. The topological polar surface area (TPSA) is 22.0 Å². The van der Waals surface area contributed by atoms with Gasteiger partial charge in [-0.2, -0.15) is 11.8 Å². The molecule has 0 aliphatic carbocycles. The average Bonchev–Trinajstić information content (AvgIpc) is 2.42. The molecule has 3 heteroatoms. The van der Waals surface area contributed by atoms with E-state index < -0.39 is 0 Å². The number of aromatic nitrogens is 1. The zero-order valence-electron chi connectivity index (χ0n) is 12.8. The van der Waals surface area contributed by atoms with Crippen LogP contribution in [0.1, 0.15) is 37.9 Å². The number of fused-ring (bicyclic) bond motifs is 1. The molecule has 0 unspecified atom stereocenters. The molecule has 0 aliphatic rings. The summed E-state index contributed by atoms with van der Waals surface area (Å²) in [6.07, 6.45) is 0. The number of hydrogen-bond donors (Lipinski definition) is 0. The SMILES string of the molecule is CCSCCn1c(C)c(C(C)C)c(=O)c2ccccc21. The maximum atomic E-state index is 12.7. The molecule has 0 saturated heterocycles. The first kappa shape index (κ1) is 15.2. The molecule has 0 atom stereocenters. The van der Waals surface area contributed by atoms with Gasteiger partial charge in [-0.15, -0.1) is 0 Å². The molecule has 0 N–H and O–H groups in total. The molecule has 0 spiro atoms. The summed E-state index contributed by atoms with van der Waals surface area (Å²) in [5.74, 6) is 2.48. The van der Waals surface area contributed by atoms with E-state index >= 15 is 0 Å². The van der Waals surface area contributed by atoms with Crippen LogP contribution in [0.5, 0.6) is 0 Å². The third-order valence-corrected chi connectivity index (χ3v) is 4.60. The lowest BCUT2D eigenvalue weighted by molar-refractivity contribution is 0.730. The van der Waals surface area contributed by atoms with E-state index in [0.29, 0.717) is 0 Å². The van der Waals surface area contributed by atoms with Gasteiger partial charge in [0.15, 0.2) is 5.43 Å². The summed E-state index contributed by atoms with van der Waals surface area (Å²) in [7, 11) is 0. The predicted octanol–water partition coefficient (Wildman–Crippen LogP) is 4.19. The zero-order chi connectivity index (χ0) is 14.7. The molecule has 1 aromatic heterocycles. The Balaban J connectivity index is 2.67. The molecule has 108 valence electrons. The van der Waals surface area contributed by atoms with Gasteiger partial charge in [-0.3, -0.25) is 4.79 Å². The number of hydrogen-bond acceptors (Lipinski definition) is 2.